The van der Waals surface area contributed by atoms with Crippen LogP contribution in [0.4, 0.5) is 0 Å². The number of hydrogen-bond donors (Lipinski definition) is 0. The predicted molar refractivity (Wildman–Crippen MR) is 70.3 cm³/mol. The van der Waals surface area contributed by atoms with Crippen LogP contribution in [0, 0.1) is 17.2 Å². The zero-order valence-electron chi connectivity index (χ0n) is 8.82. The van der Waals surface area contributed by atoms with E-state index in [-0.39, 0.29) is 15.6 Å². The first-order chi connectivity index (χ1) is 7.72. The highest BCUT2D eigenvalue weighted by Crippen LogP contribution is 2.37. The minimum Gasteiger partial charge on any atom is -0.300 e. The molecule has 1 aliphatic carbocycles. The highest BCUT2D eigenvalue weighted by molar-refractivity contribution is 14.1. The van der Waals surface area contributed by atoms with Gasteiger partial charge in [-0.2, -0.15) is 5.26 Å². The Balaban J connectivity index is 2.42. The third kappa shape index (κ3) is 2.27. The molecule has 1 aromatic carbocycles. The molecule has 0 spiro atoms. The lowest BCUT2D eigenvalue weighted by molar-refractivity contribution is -0.119. The number of carbonyl (C=O) groups excluding carboxylic acids is 1. The van der Waals surface area contributed by atoms with Crippen molar-refractivity contribution < 1.29 is 4.79 Å². The quantitative estimate of drug-likeness (QED) is 0.543. The molecule has 16 heavy (non-hydrogen) atoms. The maximum Gasteiger partial charge on any atom is 0.134 e. The molecular formula is C13H12INO. The van der Waals surface area contributed by atoms with Crippen LogP contribution in [0.2, 0.25) is 0 Å². The van der Waals surface area contributed by atoms with Crippen LogP contribution in [0.3, 0.4) is 0 Å². The first kappa shape index (κ1) is 11.6. The van der Waals surface area contributed by atoms with Crippen LogP contribution in [0.25, 0.3) is 0 Å². The Labute approximate surface area is 109 Å². The molecule has 0 fully saturated rings. The van der Waals surface area contributed by atoms with Crippen molar-refractivity contribution in [3.05, 3.63) is 35.4 Å². The number of rotatable bonds is 0. The van der Waals surface area contributed by atoms with Crippen LogP contribution in [0.1, 0.15) is 27.9 Å². The highest BCUT2D eigenvalue weighted by atomic mass is 127. The standard InChI is InChI=1S/C13H12INO/c14-13-10(8-15)7-11(16)6-5-9-3-1-2-4-12(9)13/h1-4,10,13H,5-7H2/t10-,13-/m0/s1. The first-order valence-electron chi connectivity index (χ1n) is 5.35. The predicted octanol–water partition coefficient (Wildman–Crippen LogP) is 3.21. The fourth-order valence-electron chi connectivity index (χ4n) is 2.08. The fourth-order valence-corrected chi connectivity index (χ4v) is 3.11. The summed E-state index contributed by atoms with van der Waals surface area (Å²) in [4.78, 5) is 11.6. The molecule has 2 nitrogen and oxygen atoms in total. The topological polar surface area (TPSA) is 40.9 Å². The molecule has 0 radical (unpaired) electrons. The van der Waals surface area contributed by atoms with E-state index < -0.39 is 0 Å². The molecule has 0 saturated heterocycles. The van der Waals surface area contributed by atoms with Crippen molar-refractivity contribution in [1.82, 2.24) is 0 Å². The number of fused-ring (bicyclic) bond motifs is 1. The number of hydrogen-bond acceptors (Lipinski definition) is 2. The van der Waals surface area contributed by atoms with E-state index in [0.29, 0.717) is 12.8 Å². The molecule has 0 amide bonds. The van der Waals surface area contributed by atoms with Crippen molar-refractivity contribution in [3.63, 3.8) is 0 Å². The molecule has 1 aliphatic rings. The van der Waals surface area contributed by atoms with E-state index >= 15 is 0 Å². The van der Waals surface area contributed by atoms with Gasteiger partial charge in [0.2, 0.25) is 0 Å². The molecule has 0 heterocycles. The van der Waals surface area contributed by atoms with Gasteiger partial charge in [-0.15, -0.1) is 0 Å². The third-order valence-electron chi connectivity index (χ3n) is 2.99. The van der Waals surface area contributed by atoms with Crippen molar-refractivity contribution in [3.8, 4) is 6.07 Å². The lowest BCUT2D eigenvalue weighted by Gasteiger charge is -2.22. The SMILES string of the molecule is N#C[C@@H]1CC(=O)CCc2ccccc2[C@H]1I. The van der Waals surface area contributed by atoms with E-state index in [9.17, 15) is 4.79 Å². The Hall–Kier alpha value is -0.890. The number of ketones is 1. The largest absolute Gasteiger partial charge is 0.300 e. The Morgan fingerprint density at radius 1 is 1.31 bits per heavy atom. The lowest BCUT2D eigenvalue weighted by Crippen LogP contribution is -2.17. The second-order valence-electron chi connectivity index (χ2n) is 4.08. The molecule has 0 aromatic heterocycles. The number of halogens is 1. The van der Waals surface area contributed by atoms with Crippen LogP contribution in [-0.2, 0) is 11.2 Å². The van der Waals surface area contributed by atoms with E-state index in [1.165, 1.54) is 11.1 Å². The van der Waals surface area contributed by atoms with Crippen molar-refractivity contribution >= 4 is 28.4 Å². The van der Waals surface area contributed by atoms with Gasteiger partial charge in [0.05, 0.1) is 15.9 Å². The molecule has 0 aliphatic heterocycles. The molecule has 0 N–H and O–H groups in total. The number of aryl methyl sites for hydroxylation is 1. The van der Waals surface area contributed by atoms with Crippen LogP contribution in [0.15, 0.2) is 24.3 Å². The summed E-state index contributed by atoms with van der Waals surface area (Å²) in [7, 11) is 0. The number of carbonyl (C=O) groups is 1. The van der Waals surface area contributed by atoms with E-state index in [4.69, 9.17) is 5.26 Å². The average Bonchev–Trinajstić information content (AvgIpc) is 2.31. The Morgan fingerprint density at radius 3 is 2.81 bits per heavy atom. The second-order valence-corrected chi connectivity index (χ2v) is 5.42. The molecule has 3 heteroatoms. The first-order valence-corrected chi connectivity index (χ1v) is 6.60. The molecule has 0 unspecified atom stereocenters. The van der Waals surface area contributed by atoms with Crippen LogP contribution >= 0.6 is 22.6 Å². The Morgan fingerprint density at radius 2 is 2.06 bits per heavy atom. The monoisotopic (exact) mass is 325 g/mol. The van der Waals surface area contributed by atoms with Gasteiger partial charge in [0.25, 0.3) is 0 Å². The summed E-state index contributed by atoms with van der Waals surface area (Å²) in [6.45, 7) is 0. The highest BCUT2D eigenvalue weighted by Gasteiger charge is 2.27. The van der Waals surface area contributed by atoms with E-state index in [1.54, 1.807) is 0 Å². The van der Waals surface area contributed by atoms with Gasteiger partial charge in [0.15, 0.2) is 0 Å². The van der Waals surface area contributed by atoms with Gasteiger partial charge in [0.1, 0.15) is 5.78 Å². The lowest BCUT2D eigenvalue weighted by atomic mass is 9.87. The van der Waals surface area contributed by atoms with Crippen molar-refractivity contribution in [1.29, 1.82) is 5.26 Å². The molecule has 2 atom stereocenters. The molecule has 1 aromatic rings. The van der Waals surface area contributed by atoms with Crippen LogP contribution in [0.5, 0.6) is 0 Å². The van der Waals surface area contributed by atoms with Crippen LogP contribution in [-0.4, -0.2) is 5.78 Å². The minimum absolute atomic E-state index is 0.128. The number of Topliss-reactive ketones (excluding diaryl/α,β-unsaturated/α-hetero) is 1. The van der Waals surface area contributed by atoms with Crippen molar-refractivity contribution in [2.45, 2.75) is 23.2 Å². The summed E-state index contributed by atoms with van der Waals surface area (Å²) < 4.78 is 0.128. The maximum absolute atomic E-state index is 11.6. The summed E-state index contributed by atoms with van der Waals surface area (Å²) >= 11 is 2.29. The number of nitrogens with zero attached hydrogens (tertiary/aromatic N) is 1. The fraction of sp³-hybridized carbons (Fsp3) is 0.385. The molecule has 0 saturated carbocycles. The van der Waals surface area contributed by atoms with E-state index in [0.717, 1.165) is 6.42 Å². The maximum atomic E-state index is 11.6. The van der Waals surface area contributed by atoms with Gasteiger partial charge < -0.3 is 0 Å². The summed E-state index contributed by atoms with van der Waals surface area (Å²) in [6, 6.07) is 10.4. The summed E-state index contributed by atoms with van der Waals surface area (Å²) in [5, 5.41) is 9.11. The Kier molecular flexibility index (Phi) is 3.59. The Bertz CT molecular complexity index is 449. The van der Waals surface area contributed by atoms with Gasteiger partial charge in [0, 0.05) is 12.8 Å². The van der Waals surface area contributed by atoms with Gasteiger partial charge in [-0.3, -0.25) is 4.79 Å². The van der Waals surface area contributed by atoms with Gasteiger partial charge >= 0.3 is 0 Å². The summed E-state index contributed by atoms with van der Waals surface area (Å²) in [5.41, 5.74) is 2.44. The smallest absolute Gasteiger partial charge is 0.134 e. The summed E-state index contributed by atoms with van der Waals surface area (Å²) in [5.74, 6) is 0.0252. The minimum atomic E-state index is -0.186. The van der Waals surface area contributed by atoms with Crippen molar-refractivity contribution in [2.24, 2.45) is 5.92 Å². The molecule has 0 bridgehead atoms. The summed E-state index contributed by atoms with van der Waals surface area (Å²) in [6.07, 6.45) is 1.78. The zero-order valence-corrected chi connectivity index (χ0v) is 11.0. The second kappa shape index (κ2) is 4.96. The number of alkyl halides is 1. The molecular weight excluding hydrogens is 313 g/mol. The number of nitriles is 1. The zero-order chi connectivity index (χ0) is 11.5. The molecule has 82 valence electrons. The van der Waals surface area contributed by atoms with Gasteiger partial charge in [-0.25, -0.2) is 0 Å². The molecule has 2 rings (SSSR count). The normalized spacial score (nSPS) is 25.1. The average molecular weight is 325 g/mol. The van der Waals surface area contributed by atoms with Gasteiger partial charge in [-0.1, -0.05) is 46.9 Å². The third-order valence-corrected chi connectivity index (χ3v) is 4.53. The van der Waals surface area contributed by atoms with E-state index in [1.807, 2.05) is 12.1 Å². The van der Waals surface area contributed by atoms with Gasteiger partial charge in [-0.05, 0) is 17.5 Å². The van der Waals surface area contributed by atoms with Crippen LogP contribution < -0.4 is 0 Å². The van der Waals surface area contributed by atoms with Crippen molar-refractivity contribution in [2.75, 3.05) is 0 Å². The number of benzene rings is 1. The van der Waals surface area contributed by atoms with E-state index in [2.05, 4.69) is 40.8 Å².